The van der Waals surface area contributed by atoms with Gasteiger partial charge >= 0.3 is 0 Å². The summed E-state index contributed by atoms with van der Waals surface area (Å²) in [6.07, 6.45) is 9.31. The molecule has 14 heavy (non-hydrogen) atoms. The van der Waals surface area contributed by atoms with Gasteiger partial charge in [-0.25, -0.2) is 0 Å². The molecule has 0 saturated carbocycles. The van der Waals surface area contributed by atoms with Crippen LogP contribution in [0.3, 0.4) is 0 Å². The summed E-state index contributed by atoms with van der Waals surface area (Å²) in [6, 6.07) is 0. The first-order chi connectivity index (χ1) is 6.83. The van der Waals surface area contributed by atoms with Crippen molar-refractivity contribution in [3.05, 3.63) is 12.2 Å². The zero-order valence-electron chi connectivity index (χ0n) is 9.21. The number of hydrogen-bond donors (Lipinski definition) is 2. The topological polar surface area (TPSA) is 32.3 Å². The van der Waals surface area contributed by atoms with Crippen molar-refractivity contribution in [2.75, 3.05) is 19.7 Å². The van der Waals surface area contributed by atoms with E-state index in [1.165, 1.54) is 19.3 Å². The lowest BCUT2D eigenvalue weighted by atomic mass is 9.94. The Bertz CT molecular complexity index is 168. The number of hydrogen-bond acceptors (Lipinski definition) is 2. The highest BCUT2D eigenvalue weighted by Crippen LogP contribution is 2.16. The first-order valence-electron chi connectivity index (χ1n) is 5.79. The highest BCUT2D eigenvalue weighted by Gasteiger charge is 2.09. The van der Waals surface area contributed by atoms with Crippen LogP contribution in [0.4, 0.5) is 0 Å². The van der Waals surface area contributed by atoms with Crippen molar-refractivity contribution in [2.45, 2.75) is 32.6 Å². The molecule has 1 rings (SSSR count). The molecule has 0 radical (unpaired) electrons. The summed E-state index contributed by atoms with van der Waals surface area (Å²) in [5, 5.41) is 12.2. The Kier molecular flexibility index (Phi) is 5.88. The summed E-state index contributed by atoms with van der Waals surface area (Å²) in [4.78, 5) is 0. The normalized spacial score (nSPS) is 23.7. The first kappa shape index (κ1) is 11.7. The smallest absolute Gasteiger partial charge is 0.0434 e. The molecule has 1 aliphatic carbocycles. The van der Waals surface area contributed by atoms with Gasteiger partial charge in [0.1, 0.15) is 0 Å². The summed E-state index contributed by atoms with van der Waals surface area (Å²) in [7, 11) is 0. The molecule has 2 N–H and O–H groups in total. The van der Waals surface area contributed by atoms with E-state index < -0.39 is 0 Å². The van der Waals surface area contributed by atoms with Crippen LogP contribution in [0, 0.1) is 11.8 Å². The van der Waals surface area contributed by atoms with Crippen LogP contribution in [0.25, 0.3) is 0 Å². The van der Waals surface area contributed by atoms with Crippen LogP contribution >= 0.6 is 0 Å². The third-order valence-corrected chi connectivity index (χ3v) is 2.93. The molecule has 0 aliphatic heterocycles. The van der Waals surface area contributed by atoms with E-state index in [1.54, 1.807) is 0 Å². The Labute approximate surface area is 87.4 Å². The van der Waals surface area contributed by atoms with Gasteiger partial charge in [-0.1, -0.05) is 19.1 Å². The monoisotopic (exact) mass is 197 g/mol. The molecule has 82 valence electrons. The average Bonchev–Trinajstić information content (AvgIpc) is 2.20. The molecule has 1 aliphatic rings. The predicted molar refractivity (Wildman–Crippen MR) is 60.2 cm³/mol. The molecule has 0 bridgehead atoms. The Morgan fingerprint density at radius 3 is 3.00 bits per heavy atom. The van der Waals surface area contributed by atoms with Crippen molar-refractivity contribution in [3.8, 4) is 0 Å². The van der Waals surface area contributed by atoms with Gasteiger partial charge in [0.05, 0.1) is 0 Å². The molecule has 0 fully saturated rings. The number of nitrogens with one attached hydrogen (secondary N) is 1. The predicted octanol–water partition coefficient (Wildman–Crippen LogP) is 1.95. The van der Waals surface area contributed by atoms with Gasteiger partial charge in [0, 0.05) is 6.61 Å². The Morgan fingerprint density at radius 2 is 2.36 bits per heavy atom. The minimum atomic E-state index is 0.314. The maximum atomic E-state index is 8.75. The van der Waals surface area contributed by atoms with Crippen LogP contribution in [-0.2, 0) is 0 Å². The highest BCUT2D eigenvalue weighted by atomic mass is 16.3. The maximum Gasteiger partial charge on any atom is 0.0434 e. The van der Waals surface area contributed by atoms with E-state index in [2.05, 4.69) is 24.4 Å². The lowest BCUT2D eigenvalue weighted by Gasteiger charge is -2.19. The highest BCUT2D eigenvalue weighted by molar-refractivity contribution is 4.90. The third-order valence-electron chi connectivity index (χ3n) is 2.93. The minimum absolute atomic E-state index is 0.314. The van der Waals surface area contributed by atoms with Gasteiger partial charge in [-0.05, 0) is 50.6 Å². The number of aliphatic hydroxyl groups is 1. The standard InChI is InChI=1S/C12H23NO/c1-11(7-8-14)9-13-10-12-5-3-2-4-6-12/h2-3,11-14H,4-10H2,1H3. The fourth-order valence-corrected chi connectivity index (χ4v) is 1.90. The summed E-state index contributed by atoms with van der Waals surface area (Å²) in [5.41, 5.74) is 0. The van der Waals surface area contributed by atoms with Gasteiger partial charge in [0.15, 0.2) is 0 Å². The van der Waals surface area contributed by atoms with Crippen molar-refractivity contribution >= 4 is 0 Å². The van der Waals surface area contributed by atoms with E-state index in [9.17, 15) is 0 Å². The van der Waals surface area contributed by atoms with E-state index in [4.69, 9.17) is 5.11 Å². The molecule has 0 spiro atoms. The fraction of sp³-hybridized carbons (Fsp3) is 0.833. The van der Waals surface area contributed by atoms with Crippen molar-refractivity contribution in [1.29, 1.82) is 0 Å². The van der Waals surface area contributed by atoms with Gasteiger partial charge in [-0.2, -0.15) is 0 Å². The van der Waals surface area contributed by atoms with Crippen LogP contribution in [-0.4, -0.2) is 24.8 Å². The molecule has 0 aromatic carbocycles. The average molecular weight is 197 g/mol. The number of allylic oxidation sites excluding steroid dienone is 2. The summed E-state index contributed by atoms with van der Waals surface area (Å²) in [5.74, 6) is 1.43. The van der Waals surface area contributed by atoms with Crippen LogP contribution < -0.4 is 5.32 Å². The first-order valence-corrected chi connectivity index (χ1v) is 5.79. The Balaban J connectivity index is 2.00. The summed E-state index contributed by atoms with van der Waals surface area (Å²) < 4.78 is 0. The van der Waals surface area contributed by atoms with Gasteiger partial charge < -0.3 is 10.4 Å². The molecule has 2 atom stereocenters. The van der Waals surface area contributed by atoms with Crippen LogP contribution in [0.5, 0.6) is 0 Å². The van der Waals surface area contributed by atoms with E-state index in [0.717, 1.165) is 25.4 Å². The van der Waals surface area contributed by atoms with Crippen molar-refractivity contribution < 1.29 is 5.11 Å². The molecule has 2 nitrogen and oxygen atoms in total. The van der Waals surface area contributed by atoms with Crippen LogP contribution in [0.1, 0.15) is 32.6 Å². The summed E-state index contributed by atoms with van der Waals surface area (Å²) in [6.45, 7) is 4.68. The number of aliphatic hydroxyl groups excluding tert-OH is 1. The summed E-state index contributed by atoms with van der Waals surface area (Å²) >= 11 is 0. The second-order valence-corrected chi connectivity index (χ2v) is 4.43. The zero-order valence-corrected chi connectivity index (χ0v) is 9.21. The van der Waals surface area contributed by atoms with Crippen LogP contribution in [0.2, 0.25) is 0 Å². The molecule has 2 heteroatoms. The molecule has 2 unspecified atom stereocenters. The lowest BCUT2D eigenvalue weighted by molar-refractivity contribution is 0.258. The van der Waals surface area contributed by atoms with E-state index in [0.29, 0.717) is 12.5 Å². The van der Waals surface area contributed by atoms with Gasteiger partial charge in [-0.15, -0.1) is 0 Å². The van der Waals surface area contributed by atoms with E-state index in [1.807, 2.05) is 0 Å². The second-order valence-electron chi connectivity index (χ2n) is 4.43. The maximum absolute atomic E-state index is 8.75. The van der Waals surface area contributed by atoms with Gasteiger partial charge in [0.25, 0.3) is 0 Å². The van der Waals surface area contributed by atoms with Crippen molar-refractivity contribution in [2.24, 2.45) is 11.8 Å². The van der Waals surface area contributed by atoms with E-state index in [-0.39, 0.29) is 0 Å². The molecule has 0 aromatic heterocycles. The molecule has 0 saturated heterocycles. The molecular formula is C12H23NO. The van der Waals surface area contributed by atoms with Gasteiger partial charge in [-0.3, -0.25) is 0 Å². The molecular weight excluding hydrogens is 174 g/mol. The SMILES string of the molecule is CC(CCO)CNCC1CC=CCC1. The van der Waals surface area contributed by atoms with E-state index >= 15 is 0 Å². The van der Waals surface area contributed by atoms with Gasteiger partial charge in [0.2, 0.25) is 0 Å². The Hall–Kier alpha value is -0.340. The Morgan fingerprint density at radius 1 is 1.50 bits per heavy atom. The quantitative estimate of drug-likeness (QED) is 0.638. The zero-order chi connectivity index (χ0) is 10.2. The second kappa shape index (κ2) is 7.02. The minimum Gasteiger partial charge on any atom is -0.396 e. The fourth-order valence-electron chi connectivity index (χ4n) is 1.90. The number of rotatable bonds is 6. The van der Waals surface area contributed by atoms with Crippen LogP contribution in [0.15, 0.2) is 12.2 Å². The third kappa shape index (κ3) is 4.77. The largest absolute Gasteiger partial charge is 0.396 e. The van der Waals surface area contributed by atoms with Crippen molar-refractivity contribution in [3.63, 3.8) is 0 Å². The van der Waals surface area contributed by atoms with Crippen molar-refractivity contribution in [1.82, 2.24) is 5.32 Å². The molecule has 0 amide bonds. The lowest BCUT2D eigenvalue weighted by Crippen LogP contribution is -2.28. The molecule has 0 heterocycles. The molecule has 0 aromatic rings.